The number of hydrogen-bond acceptors (Lipinski definition) is 3. The molecule has 90 valence electrons. The Bertz CT molecular complexity index is 474. The van der Waals surface area contributed by atoms with Gasteiger partial charge in [0.15, 0.2) is 0 Å². The Hall–Kier alpha value is -0.590. The van der Waals surface area contributed by atoms with Crippen molar-refractivity contribution in [3.8, 4) is 0 Å². The highest BCUT2D eigenvalue weighted by Gasteiger charge is 2.19. The Morgan fingerprint density at radius 1 is 1.50 bits per heavy atom. The lowest BCUT2D eigenvalue weighted by atomic mass is 10.2. The number of aryl methyl sites for hydroxylation is 1. The smallest absolute Gasteiger partial charge is 0.236 e. The second-order valence-electron chi connectivity index (χ2n) is 3.68. The minimum atomic E-state index is -3.41. The summed E-state index contributed by atoms with van der Waals surface area (Å²) in [5, 5.41) is -0.611. The molecule has 1 unspecified atom stereocenters. The molecule has 1 atom stereocenters. The number of nitrogens with two attached hydrogens (primary N) is 1. The van der Waals surface area contributed by atoms with Crippen LogP contribution in [0.5, 0.6) is 0 Å². The van der Waals surface area contributed by atoms with Gasteiger partial charge in [0.2, 0.25) is 10.0 Å². The molecular formula is C10H15BrN2O2S. The van der Waals surface area contributed by atoms with Gasteiger partial charge < -0.3 is 5.73 Å². The Kier molecular flexibility index (Phi) is 4.35. The van der Waals surface area contributed by atoms with Gasteiger partial charge in [0.25, 0.3) is 0 Å². The third-order valence-corrected chi connectivity index (χ3v) is 4.68. The van der Waals surface area contributed by atoms with Crippen LogP contribution in [-0.4, -0.2) is 20.2 Å². The van der Waals surface area contributed by atoms with E-state index in [1.54, 1.807) is 19.1 Å². The van der Waals surface area contributed by atoms with Gasteiger partial charge in [-0.05, 0) is 47.5 Å². The fraction of sp³-hybridized carbons (Fsp3) is 0.400. The molecule has 16 heavy (non-hydrogen) atoms. The number of hydrogen-bond donors (Lipinski definition) is 2. The van der Waals surface area contributed by atoms with Crippen LogP contribution in [0.4, 0.5) is 5.69 Å². The Balaban J connectivity index is 3.01. The van der Waals surface area contributed by atoms with E-state index in [0.29, 0.717) is 10.2 Å². The fourth-order valence-corrected chi connectivity index (χ4v) is 2.50. The monoisotopic (exact) mass is 306 g/mol. The maximum Gasteiger partial charge on any atom is 0.236 e. The highest BCUT2D eigenvalue weighted by atomic mass is 79.9. The molecule has 0 amide bonds. The van der Waals surface area contributed by atoms with E-state index >= 15 is 0 Å². The average molecular weight is 307 g/mol. The molecule has 0 heterocycles. The maximum atomic E-state index is 11.8. The van der Waals surface area contributed by atoms with Crippen molar-refractivity contribution in [3.05, 3.63) is 28.2 Å². The van der Waals surface area contributed by atoms with Crippen LogP contribution in [0.2, 0.25) is 0 Å². The van der Waals surface area contributed by atoms with Crippen LogP contribution < -0.4 is 10.5 Å². The summed E-state index contributed by atoms with van der Waals surface area (Å²) in [5.41, 5.74) is 6.88. The first kappa shape index (κ1) is 13.5. The van der Waals surface area contributed by atoms with Crippen molar-refractivity contribution in [1.82, 2.24) is 0 Å². The second kappa shape index (κ2) is 5.16. The van der Waals surface area contributed by atoms with Gasteiger partial charge in [-0.2, -0.15) is 0 Å². The number of sulfonamides is 1. The van der Waals surface area contributed by atoms with Gasteiger partial charge in [-0.25, -0.2) is 8.42 Å². The standard InChI is InChI=1S/C10H15BrN2O2S/c1-7-3-4-9(11)10(5-7)13-16(14,15)8(2)6-12/h3-5,8,13H,6,12H2,1-2H3. The van der Waals surface area contributed by atoms with Crippen LogP contribution in [0, 0.1) is 6.92 Å². The highest BCUT2D eigenvalue weighted by Crippen LogP contribution is 2.24. The summed E-state index contributed by atoms with van der Waals surface area (Å²) in [6.07, 6.45) is 0. The van der Waals surface area contributed by atoms with Gasteiger partial charge in [0.05, 0.1) is 10.9 Å². The minimum absolute atomic E-state index is 0.0960. The molecule has 1 aromatic rings. The van der Waals surface area contributed by atoms with E-state index in [-0.39, 0.29) is 6.54 Å². The van der Waals surface area contributed by atoms with Crippen LogP contribution in [0.15, 0.2) is 22.7 Å². The SMILES string of the molecule is Cc1ccc(Br)c(NS(=O)(=O)C(C)CN)c1. The van der Waals surface area contributed by atoms with Crippen molar-refractivity contribution in [2.75, 3.05) is 11.3 Å². The lowest BCUT2D eigenvalue weighted by Gasteiger charge is -2.14. The van der Waals surface area contributed by atoms with E-state index in [1.807, 2.05) is 13.0 Å². The van der Waals surface area contributed by atoms with Crippen LogP contribution in [0.25, 0.3) is 0 Å². The average Bonchev–Trinajstić information content (AvgIpc) is 2.22. The first-order valence-corrected chi connectivity index (χ1v) is 7.18. The van der Waals surface area contributed by atoms with Crippen molar-refractivity contribution < 1.29 is 8.42 Å². The zero-order valence-corrected chi connectivity index (χ0v) is 11.6. The van der Waals surface area contributed by atoms with E-state index in [9.17, 15) is 8.42 Å². The van der Waals surface area contributed by atoms with Gasteiger partial charge >= 0.3 is 0 Å². The molecule has 0 bridgehead atoms. The number of halogens is 1. The summed E-state index contributed by atoms with van der Waals surface area (Å²) in [6, 6.07) is 5.47. The topological polar surface area (TPSA) is 72.2 Å². The Morgan fingerprint density at radius 3 is 2.69 bits per heavy atom. The molecule has 1 rings (SSSR count). The lowest BCUT2D eigenvalue weighted by molar-refractivity contribution is 0.589. The van der Waals surface area contributed by atoms with Gasteiger partial charge in [-0.1, -0.05) is 6.07 Å². The van der Waals surface area contributed by atoms with Crippen molar-refractivity contribution >= 4 is 31.6 Å². The molecule has 4 nitrogen and oxygen atoms in total. The first-order valence-electron chi connectivity index (χ1n) is 4.84. The van der Waals surface area contributed by atoms with E-state index < -0.39 is 15.3 Å². The summed E-state index contributed by atoms with van der Waals surface area (Å²) in [4.78, 5) is 0. The van der Waals surface area contributed by atoms with E-state index in [2.05, 4.69) is 20.7 Å². The molecule has 0 spiro atoms. The predicted octanol–water partition coefficient (Wildman–Crippen LogP) is 1.85. The normalized spacial score (nSPS) is 13.5. The van der Waals surface area contributed by atoms with Gasteiger partial charge in [-0.3, -0.25) is 4.72 Å². The molecule has 6 heteroatoms. The largest absolute Gasteiger partial charge is 0.329 e. The molecule has 0 radical (unpaired) electrons. The molecule has 0 aromatic heterocycles. The predicted molar refractivity (Wildman–Crippen MR) is 69.9 cm³/mol. The maximum absolute atomic E-state index is 11.8. The van der Waals surface area contributed by atoms with Crippen LogP contribution in [-0.2, 0) is 10.0 Å². The zero-order chi connectivity index (χ0) is 12.3. The second-order valence-corrected chi connectivity index (χ2v) is 6.63. The third kappa shape index (κ3) is 3.20. The van der Waals surface area contributed by atoms with Gasteiger partial charge in [-0.15, -0.1) is 0 Å². The lowest BCUT2D eigenvalue weighted by Crippen LogP contribution is -2.31. The van der Waals surface area contributed by atoms with Crippen LogP contribution in [0.1, 0.15) is 12.5 Å². The van der Waals surface area contributed by atoms with E-state index in [0.717, 1.165) is 5.56 Å². The summed E-state index contributed by atoms with van der Waals surface area (Å²) >= 11 is 3.30. The molecule has 0 saturated heterocycles. The highest BCUT2D eigenvalue weighted by molar-refractivity contribution is 9.10. The van der Waals surface area contributed by atoms with Crippen molar-refractivity contribution in [2.24, 2.45) is 5.73 Å². The van der Waals surface area contributed by atoms with Gasteiger partial charge in [0.1, 0.15) is 0 Å². The quantitative estimate of drug-likeness (QED) is 0.891. The summed E-state index contributed by atoms with van der Waals surface area (Å²) in [5.74, 6) is 0. The van der Waals surface area contributed by atoms with E-state index in [4.69, 9.17) is 5.73 Å². The molecule has 0 aliphatic rings. The van der Waals surface area contributed by atoms with Crippen molar-refractivity contribution in [2.45, 2.75) is 19.1 Å². The van der Waals surface area contributed by atoms with Crippen molar-refractivity contribution in [3.63, 3.8) is 0 Å². The number of rotatable bonds is 4. The number of nitrogens with one attached hydrogen (secondary N) is 1. The molecule has 3 N–H and O–H groups in total. The molecule has 0 saturated carbocycles. The van der Waals surface area contributed by atoms with E-state index in [1.165, 1.54) is 0 Å². The summed E-state index contributed by atoms with van der Waals surface area (Å²) in [7, 11) is -3.41. The first-order chi connectivity index (χ1) is 7.36. The summed E-state index contributed by atoms with van der Waals surface area (Å²) in [6.45, 7) is 3.57. The molecule has 0 fully saturated rings. The molecular weight excluding hydrogens is 292 g/mol. The van der Waals surface area contributed by atoms with Crippen molar-refractivity contribution in [1.29, 1.82) is 0 Å². The number of benzene rings is 1. The molecule has 0 aliphatic carbocycles. The van der Waals surface area contributed by atoms with Crippen LogP contribution >= 0.6 is 15.9 Å². The fourth-order valence-electron chi connectivity index (χ4n) is 1.10. The minimum Gasteiger partial charge on any atom is -0.329 e. The molecule has 1 aromatic carbocycles. The zero-order valence-electron chi connectivity index (χ0n) is 9.20. The Morgan fingerprint density at radius 2 is 2.12 bits per heavy atom. The summed E-state index contributed by atoms with van der Waals surface area (Å²) < 4.78 is 26.8. The molecule has 0 aliphatic heterocycles. The number of anilines is 1. The van der Waals surface area contributed by atoms with Gasteiger partial charge in [0, 0.05) is 11.0 Å². The Labute approximate surface area is 104 Å². The van der Waals surface area contributed by atoms with Crippen LogP contribution in [0.3, 0.4) is 0 Å². The third-order valence-electron chi connectivity index (χ3n) is 2.24.